The Kier molecular flexibility index (Phi) is 2.70. The maximum atomic E-state index is 11.1. The van der Waals surface area contributed by atoms with E-state index in [2.05, 4.69) is 10.2 Å². The van der Waals surface area contributed by atoms with E-state index in [0.717, 1.165) is 11.3 Å². The van der Waals surface area contributed by atoms with E-state index in [4.69, 9.17) is 11.5 Å². The summed E-state index contributed by atoms with van der Waals surface area (Å²) in [5.74, 6) is 0.425. The van der Waals surface area contributed by atoms with Crippen molar-refractivity contribution in [1.82, 2.24) is 10.2 Å². The minimum atomic E-state index is -0.508. The van der Waals surface area contributed by atoms with Gasteiger partial charge in [-0.15, -0.1) is 0 Å². The zero-order valence-corrected chi connectivity index (χ0v) is 9.34. The number of anilines is 2. The van der Waals surface area contributed by atoms with Crippen molar-refractivity contribution in [3.05, 3.63) is 30.3 Å². The molecule has 1 aromatic carbocycles. The standard InChI is InChI=1S/C11H13N5O/c1-16(11(13)17)8-4-2-3-7(5-8)9-6-10(12)15-14-9/h2-6H,1H3,(H2,13,17)(H3,12,14,15). The Morgan fingerprint density at radius 1 is 1.41 bits per heavy atom. The Bertz CT molecular complexity index is 548. The van der Waals surface area contributed by atoms with Crippen molar-refractivity contribution in [3.8, 4) is 11.3 Å². The molecule has 0 aliphatic heterocycles. The number of carbonyl (C=O) groups is 1. The molecule has 1 heterocycles. The molecule has 0 aliphatic rings. The quantitative estimate of drug-likeness (QED) is 0.723. The van der Waals surface area contributed by atoms with Gasteiger partial charge in [0.15, 0.2) is 0 Å². The Labute approximate surface area is 98.2 Å². The molecule has 6 nitrogen and oxygen atoms in total. The predicted octanol–water partition coefficient (Wildman–Crippen LogP) is 1.17. The Morgan fingerprint density at radius 3 is 2.76 bits per heavy atom. The van der Waals surface area contributed by atoms with Gasteiger partial charge in [-0.25, -0.2) is 4.79 Å². The van der Waals surface area contributed by atoms with E-state index in [1.54, 1.807) is 19.2 Å². The number of aromatic amines is 1. The van der Waals surface area contributed by atoms with E-state index in [1.165, 1.54) is 4.90 Å². The molecule has 0 fully saturated rings. The maximum Gasteiger partial charge on any atom is 0.318 e. The van der Waals surface area contributed by atoms with E-state index in [-0.39, 0.29) is 0 Å². The molecule has 0 saturated carbocycles. The number of nitrogens with one attached hydrogen (secondary N) is 1. The van der Waals surface area contributed by atoms with Crippen LogP contribution in [0.1, 0.15) is 0 Å². The summed E-state index contributed by atoms with van der Waals surface area (Å²) in [6.07, 6.45) is 0. The second-order valence-corrected chi connectivity index (χ2v) is 3.65. The number of urea groups is 1. The SMILES string of the molecule is CN(C(N)=O)c1cccc(-c2cc(N)n[nH]2)c1. The first-order chi connectivity index (χ1) is 8.08. The normalized spacial score (nSPS) is 10.2. The van der Waals surface area contributed by atoms with Crippen LogP contribution in [0.2, 0.25) is 0 Å². The fraction of sp³-hybridized carbons (Fsp3) is 0.0909. The van der Waals surface area contributed by atoms with Crippen LogP contribution < -0.4 is 16.4 Å². The number of nitrogens with two attached hydrogens (primary N) is 2. The minimum absolute atomic E-state index is 0.425. The van der Waals surface area contributed by atoms with Gasteiger partial charge in [-0.05, 0) is 12.1 Å². The molecule has 0 aliphatic carbocycles. The second kappa shape index (κ2) is 4.17. The molecule has 0 bridgehead atoms. The van der Waals surface area contributed by atoms with Gasteiger partial charge in [0.1, 0.15) is 5.82 Å². The number of amides is 2. The lowest BCUT2D eigenvalue weighted by molar-refractivity contribution is 0.255. The summed E-state index contributed by atoms with van der Waals surface area (Å²) < 4.78 is 0. The Morgan fingerprint density at radius 2 is 2.18 bits per heavy atom. The first-order valence-corrected chi connectivity index (χ1v) is 5.02. The highest BCUT2D eigenvalue weighted by atomic mass is 16.2. The van der Waals surface area contributed by atoms with Crippen molar-refractivity contribution in [3.63, 3.8) is 0 Å². The topological polar surface area (TPSA) is 101 Å². The van der Waals surface area contributed by atoms with Crippen LogP contribution in [0.25, 0.3) is 11.3 Å². The molecule has 0 unspecified atom stereocenters. The van der Waals surface area contributed by atoms with Crippen LogP contribution >= 0.6 is 0 Å². The van der Waals surface area contributed by atoms with Gasteiger partial charge in [0.05, 0.1) is 5.69 Å². The molecular formula is C11H13N5O. The zero-order chi connectivity index (χ0) is 12.4. The second-order valence-electron chi connectivity index (χ2n) is 3.65. The number of hydrogen-bond acceptors (Lipinski definition) is 3. The first-order valence-electron chi connectivity index (χ1n) is 5.02. The summed E-state index contributed by atoms with van der Waals surface area (Å²) in [5, 5.41) is 6.66. The van der Waals surface area contributed by atoms with Crippen LogP contribution in [0.4, 0.5) is 16.3 Å². The third-order valence-electron chi connectivity index (χ3n) is 2.47. The highest BCUT2D eigenvalue weighted by molar-refractivity contribution is 5.90. The van der Waals surface area contributed by atoms with Crippen LogP contribution in [-0.2, 0) is 0 Å². The van der Waals surface area contributed by atoms with Gasteiger partial charge in [-0.2, -0.15) is 5.10 Å². The van der Waals surface area contributed by atoms with E-state index < -0.39 is 6.03 Å². The molecule has 2 amide bonds. The number of hydrogen-bond donors (Lipinski definition) is 3. The predicted molar refractivity (Wildman–Crippen MR) is 66.4 cm³/mol. The fourth-order valence-corrected chi connectivity index (χ4v) is 1.49. The number of rotatable bonds is 2. The number of carbonyl (C=O) groups excluding carboxylic acids is 1. The van der Waals surface area contributed by atoms with Gasteiger partial charge in [-0.1, -0.05) is 12.1 Å². The van der Waals surface area contributed by atoms with Crippen LogP contribution in [-0.4, -0.2) is 23.3 Å². The lowest BCUT2D eigenvalue weighted by atomic mass is 10.1. The van der Waals surface area contributed by atoms with Gasteiger partial charge in [-0.3, -0.25) is 10.00 Å². The van der Waals surface area contributed by atoms with E-state index in [1.807, 2.05) is 18.2 Å². The molecule has 17 heavy (non-hydrogen) atoms. The van der Waals surface area contributed by atoms with Gasteiger partial charge in [0, 0.05) is 24.4 Å². The molecule has 0 spiro atoms. The van der Waals surface area contributed by atoms with Gasteiger partial charge >= 0.3 is 6.03 Å². The molecule has 0 atom stereocenters. The number of nitrogen functional groups attached to an aromatic ring is 1. The van der Waals surface area contributed by atoms with Crippen LogP contribution in [0.5, 0.6) is 0 Å². The Hall–Kier alpha value is -2.50. The lowest BCUT2D eigenvalue weighted by Crippen LogP contribution is -2.31. The molecule has 1 aromatic heterocycles. The molecule has 2 rings (SSSR count). The van der Waals surface area contributed by atoms with Crippen LogP contribution in [0, 0.1) is 0 Å². The maximum absolute atomic E-state index is 11.1. The molecular weight excluding hydrogens is 218 g/mol. The van der Waals surface area contributed by atoms with Crippen molar-refractivity contribution < 1.29 is 4.79 Å². The number of benzene rings is 1. The van der Waals surface area contributed by atoms with E-state index >= 15 is 0 Å². The minimum Gasteiger partial charge on any atom is -0.382 e. The molecule has 0 radical (unpaired) electrons. The van der Waals surface area contributed by atoms with Crippen molar-refractivity contribution in [1.29, 1.82) is 0 Å². The first kappa shape index (κ1) is 11.0. The van der Waals surface area contributed by atoms with Gasteiger partial charge in [0.2, 0.25) is 0 Å². The summed E-state index contributed by atoms with van der Waals surface area (Å²) in [7, 11) is 1.61. The van der Waals surface area contributed by atoms with Crippen LogP contribution in [0.3, 0.4) is 0 Å². The summed E-state index contributed by atoms with van der Waals surface area (Å²) in [6.45, 7) is 0. The lowest BCUT2D eigenvalue weighted by Gasteiger charge is -2.14. The average Bonchev–Trinajstić information content (AvgIpc) is 2.75. The average molecular weight is 231 g/mol. The van der Waals surface area contributed by atoms with Crippen molar-refractivity contribution >= 4 is 17.5 Å². The summed E-state index contributed by atoms with van der Waals surface area (Å²) in [6, 6.07) is 8.58. The summed E-state index contributed by atoms with van der Waals surface area (Å²) >= 11 is 0. The number of H-pyrrole nitrogens is 1. The smallest absolute Gasteiger partial charge is 0.318 e. The third kappa shape index (κ3) is 2.20. The third-order valence-corrected chi connectivity index (χ3v) is 2.47. The van der Waals surface area contributed by atoms with E-state index in [9.17, 15) is 4.79 Å². The van der Waals surface area contributed by atoms with Gasteiger partial charge < -0.3 is 11.5 Å². The van der Waals surface area contributed by atoms with Crippen LogP contribution in [0.15, 0.2) is 30.3 Å². The number of nitrogens with zero attached hydrogens (tertiary/aromatic N) is 2. The molecule has 88 valence electrons. The zero-order valence-electron chi connectivity index (χ0n) is 9.34. The summed E-state index contributed by atoms with van der Waals surface area (Å²) in [5.41, 5.74) is 13.1. The molecule has 6 heteroatoms. The monoisotopic (exact) mass is 231 g/mol. The fourth-order valence-electron chi connectivity index (χ4n) is 1.49. The van der Waals surface area contributed by atoms with Crippen molar-refractivity contribution in [2.45, 2.75) is 0 Å². The highest BCUT2D eigenvalue weighted by Gasteiger charge is 2.08. The molecule has 5 N–H and O–H groups in total. The largest absolute Gasteiger partial charge is 0.382 e. The Balaban J connectivity index is 2.38. The molecule has 2 aromatic rings. The van der Waals surface area contributed by atoms with Gasteiger partial charge in [0.25, 0.3) is 0 Å². The molecule has 0 saturated heterocycles. The van der Waals surface area contributed by atoms with E-state index in [0.29, 0.717) is 11.5 Å². The van der Waals surface area contributed by atoms with Crippen molar-refractivity contribution in [2.24, 2.45) is 5.73 Å². The number of aromatic nitrogens is 2. The number of primary amides is 1. The highest BCUT2D eigenvalue weighted by Crippen LogP contribution is 2.23. The summed E-state index contributed by atoms with van der Waals surface area (Å²) in [4.78, 5) is 12.4. The van der Waals surface area contributed by atoms with Crippen molar-refractivity contribution in [2.75, 3.05) is 17.7 Å².